The third-order valence-electron chi connectivity index (χ3n) is 4.07. The van der Waals surface area contributed by atoms with E-state index in [4.69, 9.17) is 11.6 Å². The first-order valence-electron chi connectivity index (χ1n) is 6.24. The van der Waals surface area contributed by atoms with E-state index in [0.29, 0.717) is 0 Å². The summed E-state index contributed by atoms with van der Waals surface area (Å²) in [6.45, 7) is 2.35. The lowest BCUT2D eigenvalue weighted by Gasteiger charge is -2.28. The van der Waals surface area contributed by atoms with Crippen LogP contribution in [-0.2, 0) is 12.8 Å². The second kappa shape index (κ2) is 4.05. The Morgan fingerprint density at radius 3 is 3.06 bits per heavy atom. The van der Waals surface area contributed by atoms with Crippen LogP contribution in [0, 0.1) is 0 Å². The van der Waals surface area contributed by atoms with Gasteiger partial charge >= 0.3 is 0 Å². The fourth-order valence-electron chi connectivity index (χ4n) is 3.30. The Labute approximate surface area is 102 Å². The lowest BCUT2D eigenvalue weighted by Crippen LogP contribution is -2.25. The maximum absolute atomic E-state index is 6.36. The van der Waals surface area contributed by atoms with Crippen LogP contribution in [0.15, 0.2) is 12.1 Å². The summed E-state index contributed by atoms with van der Waals surface area (Å²) in [6, 6.07) is 4.35. The smallest absolute Gasteiger partial charge is 0.0441 e. The van der Waals surface area contributed by atoms with Gasteiger partial charge in [-0.3, -0.25) is 0 Å². The van der Waals surface area contributed by atoms with Crippen LogP contribution in [-0.4, -0.2) is 25.0 Å². The number of hydrogen-bond acceptors (Lipinski definition) is 1. The highest BCUT2D eigenvalue weighted by Gasteiger charge is 2.27. The summed E-state index contributed by atoms with van der Waals surface area (Å²) >= 11 is 6.36. The van der Waals surface area contributed by atoms with E-state index in [1.807, 2.05) is 0 Å². The molecule has 1 aliphatic heterocycles. The third kappa shape index (κ3) is 1.66. The summed E-state index contributed by atoms with van der Waals surface area (Å²) < 4.78 is 0. The monoisotopic (exact) mass is 235 g/mol. The molecule has 0 saturated carbocycles. The zero-order valence-electron chi connectivity index (χ0n) is 9.80. The molecular weight excluding hydrogens is 218 g/mol. The van der Waals surface area contributed by atoms with E-state index in [1.165, 1.54) is 31.4 Å². The fourth-order valence-corrected chi connectivity index (χ4v) is 3.56. The predicted molar refractivity (Wildman–Crippen MR) is 68.3 cm³/mol. The first kappa shape index (κ1) is 10.6. The minimum absolute atomic E-state index is 0.727. The van der Waals surface area contributed by atoms with Crippen molar-refractivity contribution in [3.05, 3.63) is 33.8 Å². The first-order chi connectivity index (χ1) is 7.75. The van der Waals surface area contributed by atoms with Crippen LogP contribution in [0.3, 0.4) is 0 Å². The van der Waals surface area contributed by atoms with E-state index in [2.05, 4.69) is 24.1 Å². The predicted octanol–water partition coefficient (Wildman–Crippen LogP) is 3.25. The lowest BCUT2D eigenvalue weighted by atomic mass is 9.80. The van der Waals surface area contributed by atoms with E-state index in [0.717, 1.165) is 23.9 Å². The maximum atomic E-state index is 6.36. The molecule has 2 aliphatic rings. The van der Waals surface area contributed by atoms with E-state index in [1.54, 1.807) is 11.1 Å². The van der Waals surface area contributed by atoms with Crippen molar-refractivity contribution in [2.24, 2.45) is 0 Å². The van der Waals surface area contributed by atoms with Crippen molar-refractivity contribution in [2.45, 2.75) is 31.6 Å². The minimum atomic E-state index is 0.727. The topological polar surface area (TPSA) is 3.24 Å². The van der Waals surface area contributed by atoms with Crippen molar-refractivity contribution in [1.29, 1.82) is 0 Å². The van der Waals surface area contributed by atoms with Crippen molar-refractivity contribution in [3.63, 3.8) is 0 Å². The van der Waals surface area contributed by atoms with Gasteiger partial charge in [0.1, 0.15) is 0 Å². The molecule has 2 heteroatoms. The van der Waals surface area contributed by atoms with Crippen molar-refractivity contribution >= 4 is 11.6 Å². The molecule has 1 nitrogen and oxygen atoms in total. The van der Waals surface area contributed by atoms with Gasteiger partial charge in [-0.2, -0.15) is 0 Å². The number of hydrogen-bond donors (Lipinski definition) is 0. The van der Waals surface area contributed by atoms with Crippen LogP contribution in [0.2, 0.25) is 5.02 Å². The molecule has 3 rings (SSSR count). The van der Waals surface area contributed by atoms with E-state index in [-0.39, 0.29) is 0 Å². The van der Waals surface area contributed by atoms with Crippen LogP contribution in [0.4, 0.5) is 0 Å². The van der Waals surface area contributed by atoms with Crippen molar-refractivity contribution in [2.75, 3.05) is 20.1 Å². The summed E-state index contributed by atoms with van der Waals surface area (Å²) in [5.74, 6) is 0.727. The molecule has 1 heterocycles. The van der Waals surface area contributed by atoms with Gasteiger partial charge in [0, 0.05) is 18.1 Å². The highest BCUT2D eigenvalue weighted by molar-refractivity contribution is 6.31. The highest BCUT2D eigenvalue weighted by Crippen LogP contribution is 2.39. The molecule has 0 aromatic heterocycles. The minimum Gasteiger partial charge on any atom is -0.305 e. The van der Waals surface area contributed by atoms with E-state index < -0.39 is 0 Å². The van der Waals surface area contributed by atoms with Crippen LogP contribution < -0.4 is 0 Å². The molecule has 0 unspecified atom stereocenters. The molecule has 0 saturated heterocycles. The molecule has 86 valence electrons. The van der Waals surface area contributed by atoms with Gasteiger partial charge in [0.05, 0.1) is 0 Å². The Hall–Kier alpha value is -0.530. The number of benzene rings is 1. The molecule has 1 aromatic rings. The van der Waals surface area contributed by atoms with E-state index in [9.17, 15) is 0 Å². The van der Waals surface area contributed by atoms with Crippen molar-refractivity contribution in [3.8, 4) is 0 Å². The molecule has 1 atom stereocenters. The third-order valence-corrected chi connectivity index (χ3v) is 4.43. The molecular formula is C14H18ClN. The maximum Gasteiger partial charge on any atom is 0.0441 e. The van der Waals surface area contributed by atoms with Crippen LogP contribution >= 0.6 is 11.6 Å². The van der Waals surface area contributed by atoms with Gasteiger partial charge in [0.2, 0.25) is 0 Å². The summed E-state index contributed by atoms with van der Waals surface area (Å²) in [4.78, 5) is 2.45. The number of likely N-dealkylation sites (N-methyl/N-ethyl adjacent to an activating group) is 1. The average Bonchev–Trinajstić information content (AvgIpc) is 2.44. The lowest BCUT2D eigenvalue weighted by molar-refractivity contribution is 0.313. The van der Waals surface area contributed by atoms with Crippen molar-refractivity contribution < 1.29 is 0 Å². The number of nitrogens with zero attached hydrogens (tertiary/aromatic N) is 1. The Bertz CT molecular complexity index is 413. The van der Waals surface area contributed by atoms with Gasteiger partial charge in [-0.25, -0.2) is 0 Å². The zero-order chi connectivity index (χ0) is 11.1. The molecule has 0 radical (unpaired) electrons. The Balaban J connectivity index is 2.15. The summed E-state index contributed by atoms with van der Waals surface area (Å²) in [5, 5.41) is 0.987. The summed E-state index contributed by atoms with van der Waals surface area (Å²) in [6.07, 6.45) is 5.05. The van der Waals surface area contributed by atoms with Crippen molar-refractivity contribution in [1.82, 2.24) is 4.90 Å². The Morgan fingerprint density at radius 2 is 2.19 bits per heavy atom. The highest BCUT2D eigenvalue weighted by atomic mass is 35.5. The van der Waals surface area contributed by atoms with E-state index >= 15 is 0 Å². The SMILES string of the molecule is CN1CCc2c(Cl)ccc3c2[C@@H](CCC3)C1. The molecule has 16 heavy (non-hydrogen) atoms. The van der Waals surface area contributed by atoms with Gasteiger partial charge in [0.15, 0.2) is 0 Å². The largest absolute Gasteiger partial charge is 0.305 e. The summed E-state index contributed by atoms with van der Waals surface area (Å²) in [7, 11) is 2.23. The van der Waals surface area contributed by atoms with Crippen LogP contribution in [0.25, 0.3) is 0 Å². The average molecular weight is 236 g/mol. The molecule has 1 aromatic carbocycles. The van der Waals surface area contributed by atoms with Gasteiger partial charge in [-0.1, -0.05) is 17.7 Å². The second-order valence-electron chi connectivity index (χ2n) is 5.20. The van der Waals surface area contributed by atoms with Crippen LogP contribution in [0.5, 0.6) is 0 Å². The second-order valence-corrected chi connectivity index (χ2v) is 5.61. The van der Waals surface area contributed by atoms with Crippen LogP contribution in [0.1, 0.15) is 35.4 Å². The number of rotatable bonds is 0. The quantitative estimate of drug-likeness (QED) is 0.667. The molecule has 0 fully saturated rings. The normalized spacial score (nSPS) is 25.0. The van der Waals surface area contributed by atoms with Gasteiger partial charge < -0.3 is 4.90 Å². The molecule has 0 bridgehead atoms. The Morgan fingerprint density at radius 1 is 1.31 bits per heavy atom. The van der Waals surface area contributed by atoms with Gasteiger partial charge in [0.25, 0.3) is 0 Å². The molecule has 0 amide bonds. The summed E-state index contributed by atoms with van der Waals surface area (Å²) in [5.41, 5.74) is 4.60. The van der Waals surface area contributed by atoms with Gasteiger partial charge in [-0.05, 0) is 61.4 Å². The number of aryl methyl sites for hydroxylation is 1. The molecule has 1 aliphatic carbocycles. The fraction of sp³-hybridized carbons (Fsp3) is 0.571. The molecule has 0 N–H and O–H groups in total. The standard InChI is InChI=1S/C14H18ClN/c1-16-8-7-12-13(15)6-5-10-3-2-4-11(9-16)14(10)12/h5-6,11H,2-4,7-9H2,1H3/t11-/m0/s1. The zero-order valence-corrected chi connectivity index (χ0v) is 10.6. The molecule has 0 spiro atoms. The number of halogens is 1. The van der Waals surface area contributed by atoms with Gasteiger partial charge in [-0.15, -0.1) is 0 Å². The first-order valence-corrected chi connectivity index (χ1v) is 6.62. The Kier molecular flexibility index (Phi) is 2.68.